The van der Waals surface area contributed by atoms with Crippen molar-refractivity contribution in [1.82, 2.24) is 10.3 Å². The van der Waals surface area contributed by atoms with E-state index in [-0.39, 0.29) is 6.54 Å². The first kappa shape index (κ1) is 10.5. The van der Waals surface area contributed by atoms with Crippen molar-refractivity contribution in [2.45, 2.75) is 6.54 Å². The molecular formula is C8H7ClN2O3. The number of carboxylic acid groups (broad SMARTS) is 1. The number of rotatable bonds is 2. The monoisotopic (exact) mass is 214 g/mol. The summed E-state index contributed by atoms with van der Waals surface area (Å²) in [5.74, 6) is -2.58. The summed E-state index contributed by atoms with van der Waals surface area (Å²) in [7, 11) is 0. The molecule has 1 rings (SSSR count). The van der Waals surface area contributed by atoms with Gasteiger partial charge in [0.2, 0.25) is 0 Å². The number of carbonyl (C=O) groups is 2. The van der Waals surface area contributed by atoms with Crippen LogP contribution in [0, 0.1) is 0 Å². The van der Waals surface area contributed by atoms with Crippen molar-refractivity contribution in [2.75, 3.05) is 0 Å². The molecule has 0 fully saturated rings. The van der Waals surface area contributed by atoms with Crippen molar-refractivity contribution in [2.24, 2.45) is 0 Å². The largest absolute Gasteiger partial charge is 0.474 e. The van der Waals surface area contributed by atoms with E-state index in [4.69, 9.17) is 16.7 Å². The SMILES string of the molecule is O=C(O)C(=O)NCc1cc(Cl)ccn1. The summed E-state index contributed by atoms with van der Waals surface area (Å²) < 4.78 is 0. The number of halogens is 1. The highest BCUT2D eigenvalue weighted by atomic mass is 35.5. The molecule has 0 radical (unpaired) electrons. The molecule has 0 bridgehead atoms. The van der Waals surface area contributed by atoms with Crippen LogP contribution in [-0.2, 0) is 16.1 Å². The smallest absolute Gasteiger partial charge is 0.394 e. The highest BCUT2D eigenvalue weighted by Crippen LogP contribution is 2.07. The Hall–Kier alpha value is -1.62. The Morgan fingerprint density at radius 3 is 2.86 bits per heavy atom. The first-order valence-corrected chi connectivity index (χ1v) is 4.09. The van der Waals surface area contributed by atoms with Crippen LogP contribution in [0.5, 0.6) is 0 Å². The van der Waals surface area contributed by atoms with Gasteiger partial charge in [-0.1, -0.05) is 11.6 Å². The first-order valence-electron chi connectivity index (χ1n) is 3.71. The van der Waals surface area contributed by atoms with Gasteiger partial charge in [0.15, 0.2) is 0 Å². The van der Waals surface area contributed by atoms with Gasteiger partial charge in [0, 0.05) is 11.2 Å². The molecule has 0 saturated carbocycles. The Bertz CT molecular complexity index is 367. The molecule has 74 valence electrons. The van der Waals surface area contributed by atoms with E-state index in [0.29, 0.717) is 10.7 Å². The number of nitrogens with zero attached hydrogens (tertiary/aromatic N) is 1. The lowest BCUT2D eigenvalue weighted by Crippen LogP contribution is -2.30. The van der Waals surface area contributed by atoms with Gasteiger partial charge in [0.1, 0.15) is 0 Å². The second kappa shape index (κ2) is 4.57. The van der Waals surface area contributed by atoms with E-state index < -0.39 is 11.9 Å². The quantitative estimate of drug-likeness (QED) is 0.700. The van der Waals surface area contributed by atoms with Gasteiger partial charge in [-0.15, -0.1) is 0 Å². The zero-order valence-electron chi connectivity index (χ0n) is 7.03. The number of aliphatic carboxylic acids is 1. The molecule has 0 aliphatic heterocycles. The normalized spacial score (nSPS) is 9.50. The Morgan fingerprint density at radius 1 is 1.57 bits per heavy atom. The number of amides is 1. The minimum atomic E-state index is -1.52. The molecule has 0 aliphatic carbocycles. The molecule has 0 aliphatic rings. The fraction of sp³-hybridized carbons (Fsp3) is 0.125. The van der Waals surface area contributed by atoms with Crippen LogP contribution in [0.3, 0.4) is 0 Å². The van der Waals surface area contributed by atoms with Crippen LogP contribution >= 0.6 is 11.6 Å². The molecule has 1 amide bonds. The van der Waals surface area contributed by atoms with Crippen molar-refractivity contribution < 1.29 is 14.7 Å². The number of hydrogen-bond acceptors (Lipinski definition) is 3. The molecule has 5 nitrogen and oxygen atoms in total. The fourth-order valence-corrected chi connectivity index (χ4v) is 0.974. The lowest BCUT2D eigenvalue weighted by Gasteiger charge is -2.01. The minimum absolute atomic E-state index is 0.0473. The van der Waals surface area contributed by atoms with E-state index >= 15 is 0 Å². The van der Waals surface area contributed by atoms with Crippen LogP contribution in [0.4, 0.5) is 0 Å². The van der Waals surface area contributed by atoms with Crippen LogP contribution in [-0.4, -0.2) is 22.0 Å². The van der Waals surface area contributed by atoms with E-state index in [2.05, 4.69) is 10.3 Å². The Morgan fingerprint density at radius 2 is 2.29 bits per heavy atom. The molecule has 1 aromatic rings. The fourth-order valence-electron chi connectivity index (χ4n) is 0.792. The summed E-state index contributed by atoms with van der Waals surface area (Å²) in [4.78, 5) is 24.6. The zero-order chi connectivity index (χ0) is 10.6. The summed E-state index contributed by atoms with van der Waals surface area (Å²) >= 11 is 5.65. The molecular weight excluding hydrogens is 208 g/mol. The van der Waals surface area contributed by atoms with Crippen molar-refractivity contribution in [3.05, 3.63) is 29.0 Å². The van der Waals surface area contributed by atoms with Gasteiger partial charge in [-0.25, -0.2) is 4.79 Å². The molecule has 2 N–H and O–H groups in total. The number of nitrogens with one attached hydrogen (secondary N) is 1. The highest BCUT2D eigenvalue weighted by molar-refractivity contribution is 6.31. The Kier molecular flexibility index (Phi) is 3.41. The zero-order valence-corrected chi connectivity index (χ0v) is 7.78. The van der Waals surface area contributed by atoms with E-state index in [1.807, 2.05) is 0 Å². The molecule has 14 heavy (non-hydrogen) atoms. The van der Waals surface area contributed by atoms with Crippen molar-refractivity contribution >= 4 is 23.5 Å². The van der Waals surface area contributed by atoms with Crippen molar-refractivity contribution in [3.8, 4) is 0 Å². The lowest BCUT2D eigenvalue weighted by atomic mass is 10.3. The highest BCUT2D eigenvalue weighted by Gasteiger charge is 2.09. The summed E-state index contributed by atoms with van der Waals surface area (Å²) in [5.41, 5.74) is 0.507. The van der Waals surface area contributed by atoms with Crippen molar-refractivity contribution in [3.63, 3.8) is 0 Å². The third-order valence-electron chi connectivity index (χ3n) is 1.40. The molecule has 6 heteroatoms. The predicted molar refractivity (Wildman–Crippen MR) is 48.7 cm³/mol. The Labute approximate surface area is 84.7 Å². The van der Waals surface area contributed by atoms with E-state index in [0.717, 1.165) is 0 Å². The maximum atomic E-state index is 10.6. The molecule has 1 heterocycles. The predicted octanol–water partition coefficient (Wildman–Crippen LogP) is 0.436. The third kappa shape index (κ3) is 3.02. The van der Waals surface area contributed by atoms with Gasteiger partial charge in [-0.05, 0) is 12.1 Å². The van der Waals surface area contributed by atoms with Crippen molar-refractivity contribution in [1.29, 1.82) is 0 Å². The maximum absolute atomic E-state index is 10.6. The van der Waals surface area contributed by atoms with Gasteiger partial charge in [0.05, 0.1) is 12.2 Å². The minimum Gasteiger partial charge on any atom is -0.474 e. The summed E-state index contributed by atoms with van der Waals surface area (Å²) in [6.45, 7) is 0.0473. The van der Waals surface area contributed by atoms with Crippen LogP contribution in [0.2, 0.25) is 5.02 Å². The van der Waals surface area contributed by atoms with E-state index in [1.165, 1.54) is 6.20 Å². The van der Waals surface area contributed by atoms with Crippen LogP contribution < -0.4 is 5.32 Å². The van der Waals surface area contributed by atoms with Gasteiger partial charge in [-0.3, -0.25) is 9.78 Å². The lowest BCUT2D eigenvalue weighted by molar-refractivity contribution is -0.150. The number of pyridine rings is 1. The molecule has 0 saturated heterocycles. The number of carboxylic acids is 1. The standard InChI is InChI=1S/C8H7ClN2O3/c9-5-1-2-10-6(3-5)4-11-7(12)8(13)14/h1-3H,4H2,(H,11,12)(H,13,14). The molecule has 1 aromatic heterocycles. The van der Waals surface area contributed by atoms with Gasteiger partial charge >= 0.3 is 11.9 Å². The second-order valence-corrected chi connectivity index (χ2v) is 2.89. The average molecular weight is 215 g/mol. The van der Waals surface area contributed by atoms with Crippen LogP contribution in [0.15, 0.2) is 18.3 Å². The number of hydrogen-bond donors (Lipinski definition) is 2. The first-order chi connectivity index (χ1) is 6.59. The molecule has 0 aromatic carbocycles. The van der Waals surface area contributed by atoms with Gasteiger partial charge in [-0.2, -0.15) is 0 Å². The average Bonchev–Trinajstić information content (AvgIpc) is 2.14. The molecule has 0 atom stereocenters. The van der Waals surface area contributed by atoms with Gasteiger partial charge < -0.3 is 10.4 Å². The maximum Gasteiger partial charge on any atom is 0.394 e. The summed E-state index contributed by atoms with van der Waals surface area (Å²) in [6, 6.07) is 3.13. The molecule has 0 unspecified atom stereocenters. The topological polar surface area (TPSA) is 79.3 Å². The van der Waals surface area contributed by atoms with Crippen LogP contribution in [0.25, 0.3) is 0 Å². The third-order valence-corrected chi connectivity index (χ3v) is 1.64. The summed E-state index contributed by atoms with van der Waals surface area (Å²) in [5, 5.41) is 10.9. The van der Waals surface area contributed by atoms with Crippen LogP contribution in [0.1, 0.15) is 5.69 Å². The Balaban J connectivity index is 2.54. The van der Waals surface area contributed by atoms with E-state index in [9.17, 15) is 9.59 Å². The number of aromatic nitrogens is 1. The second-order valence-electron chi connectivity index (χ2n) is 2.45. The van der Waals surface area contributed by atoms with Gasteiger partial charge in [0.25, 0.3) is 0 Å². The number of carbonyl (C=O) groups excluding carboxylic acids is 1. The van der Waals surface area contributed by atoms with E-state index in [1.54, 1.807) is 12.1 Å². The summed E-state index contributed by atoms with van der Waals surface area (Å²) in [6.07, 6.45) is 1.48. The molecule has 0 spiro atoms.